The van der Waals surface area contributed by atoms with E-state index < -0.39 is 6.10 Å². The van der Waals surface area contributed by atoms with E-state index >= 15 is 0 Å². The number of rotatable bonds is 4. The van der Waals surface area contributed by atoms with Crippen LogP contribution in [0.3, 0.4) is 0 Å². The maximum Gasteiger partial charge on any atom is 0.0847 e. The number of aliphatic hydroxyl groups excluding tert-OH is 1. The average Bonchev–Trinajstić information content (AvgIpc) is 2.16. The van der Waals surface area contributed by atoms with E-state index in [-0.39, 0.29) is 5.88 Å². The molecule has 0 bridgehead atoms. The van der Waals surface area contributed by atoms with Crippen LogP contribution in [0.25, 0.3) is 0 Å². The van der Waals surface area contributed by atoms with Crippen molar-refractivity contribution in [3.63, 3.8) is 0 Å². The molecule has 0 fully saturated rings. The lowest BCUT2D eigenvalue weighted by molar-refractivity contribution is 0.211. The van der Waals surface area contributed by atoms with Gasteiger partial charge in [-0.25, -0.2) is 0 Å². The molecule has 0 aromatic heterocycles. The summed E-state index contributed by atoms with van der Waals surface area (Å²) in [5, 5.41) is 12.4. The first-order valence-electron chi connectivity index (χ1n) is 4.37. The van der Waals surface area contributed by atoms with E-state index in [1.54, 1.807) is 0 Å². The molecular weight excluding hydrogens is 312 g/mol. The van der Waals surface area contributed by atoms with Gasteiger partial charge in [0, 0.05) is 15.8 Å². The highest BCUT2D eigenvalue weighted by Gasteiger charge is 2.03. The third-order valence-corrected chi connectivity index (χ3v) is 3.08. The first-order valence-corrected chi connectivity index (χ1v) is 5.99. The lowest BCUT2D eigenvalue weighted by Crippen LogP contribution is -2.21. The molecule has 0 heterocycles. The second kappa shape index (κ2) is 5.78. The fourth-order valence-corrected chi connectivity index (χ4v) is 2.02. The second-order valence-corrected chi connectivity index (χ2v) is 4.64. The number of halogens is 2. The van der Waals surface area contributed by atoms with Crippen LogP contribution in [0.15, 0.2) is 18.2 Å². The molecule has 1 rings (SSSR count). The molecule has 0 aliphatic heterocycles. The molecule has 2 nitrogen and oxygen atoms in total. The monoisotopic (exact) mass is 325 g/mol. The van der Waals surface area contributed by atoms with Gasteiger partial charge in [0.25, 0.3) is 0 Å². The van der Waals surface area contributed by atoms with Gasteiger partial charge in [0.05, 0.1) is 12.0 Å². The molecule has 0 amide bonds. The molecule has 0 aliphatic rings. The van der Waals surface area contributed by atoms with Crippen LogP contribution in [-0.2, 0) is 0 Å². The smallest absolute Gasteiger partial charge is 0.0847 e. The summed E-state index contributed by atoms with van der Waals surface area (Å²) in [6, 6.07) is 6.14. The summed E-state index contributed by atoms with van der Waals surface area (Å²) in [5.41, 5.74) is 2.28. The van der Waals surface area contributed by atoms with Crippen LogP contribution >= 0.6 is 34.2 Å². The van der Waals surface area contributed by atoms with Crippen LogP contribution in [0.4, 0.5) is 5.69 Å². The van der Waals surface area contributed by atoms with Gasteiger partial charge < -0.3 is 10.4 Å². The number of nitrogens with one attached hydrogen (secondary N) is 1. The zero-order chi connectivity index (χ0) is 10.6. The van der Waals surface area contributed by atoms with Gasteiger partial charge in [-0.15, -0.1) is 11.6 Å². The van der Waals surface area contributed by atoms with E-state index in [2.05, 4.69) is 40.9 Å². The predicted octanol–water partition coefficient (Wildman–Crippen LogP) is 2.61. The Morgan fingerprint density at radius 2 is 2.29 bits per heavy atom. The van der Waals surface area contributed by atoms with Crippen molar-refractivity contribution in [3.8, 4) is 0 Å². The molecule has 0 spiro atoms. The van der Waals surface area contributed by atoms with Gasteiger partial charge in [0.1, 0.15) is 0 Å². The molecule has 0 aliphatic carbocycles. The molecule has 1 atom stereocenters. The van der Waals surface area contributed by atoms with Crippen molar-refractivity contribution >= 4 is 39.9 Å². The third kappa shape index (κ3) is 3.63. The van der Waals surface area contributed by atoms with Crippen LogP contribution < -0.4 is 5.32 Å². The van der Waals surface area contributed by atoms with Crippen molar-refractivity contribution in [1.82, 2.24) is 0 Å². The standard InChI is InChI=1S/C10H13ClINO/c1-7-2-3-10(9(12)4-7)13-6-8(14)5-11/h2-4,8,13-14H,5-6H2,1H3. The number of aliphatic hydroxyl groups is 1. The first-order chi connectivity index (χ1) is 6.63. The number of anilines is 1. The summed E-state index contributed by atoms with van der Waals surface area (Å²) in [5.74, 6) is 0.259. The Labute approximate surface area is 103 Å². The summed E-state index contributed by atoms with van der Waals surface area (Å²) in [4.78, 5) is 0. The van der Waals surface area contributed by atoms with Crippen LogP contribution in [0.2, 0.25) is 0 Å². The SMILES string of the molecule is Cc1ccc(NCC(O)CCl)c(I)c1. The molecule has 2 N–H and O–H groups in total. The Hall–Kier alpha value is -0.000000000000000111. The zero-order valence-electron chi connectivity index (χ0n) is 7.93. The molecule has 0 radical (unpaired) electrons. The molecule has 0 saturated heterocycles. The summed E-state index contributed by atoms with van der Waals surface area (Å²) in [6.07, 6.45) is -0.492. The quantitative estimate of drug-likeness (QED) is 0.659. The van der Waals surface area contributed by atoms with E-state index in [0.717, 1.165) is 9.26 Å². The Balaban J connectivity index is 2.59. The van der Waals surface area contributed by atoms with Gasteiger partial charge in [-0.05, 0) is 47.2 Å². The Bertz CT molecular complexity index is 306. The summed E-state index contributed by atoms with van der Waals surface area (Å²) in [7, 11) is 0. The molecule has 1 unspecified atom stereocenters. The minimum absolute atomic E-state index is 0.259. The van der Waals surface area contributed by atoms with E-state index in [1.165, 1.54) is 5.56 Å². The molecule has 78 valence electrons. The lowest BCUT2D eigenvalue weighted by atomic mass is 10.2. The highest BCUT2D eigenvalue weighted by atomic mass is 127. The van der Waals surface area contributed by atoms with Crippen molar-refractivity contribution in [2.45, 2.75) is 13.0 Å². The van der Waals surface area contributed by atoms with Crippen molar-refractivity contribution in [3.05, 3.63) is 27.3 Å². The van der Waals surface area contributed by atoms with E-state index in [9.17, 15) is 5.11 Å². The lowest BCUT2D eigenvalue weighted by Gasteiger charge is -2.11. The van der Waals surface area contributed by atoms with Crippen LogP contribution in [0.5, 0.6) is 0 Å². The van der Waals surface area contributed by atoms with Crippen LogP contribution in [-0.4, -0.2) is 23.6 Å². The van der Waals surface area contributed by atoms with Crippen molar-refractivity contribution < 1.29 is 5.11 Å². The summed E-state index contributed by atoms with van der Waals surface area (Å²) in [6.45, 7) is 2.54. The number of alkyl halides is 1. The third-order valence-electron chi connectivity index (χ3n) is 1.83. The van der Waals surface area contributed by atoms with Gasteiger partial charge >= 0.3 is 0 Å². The van der Waals surface area contributed by atoms with Crippen molar-refractivity contribution in [2.24, 2.45) is 0 Å². The number of hydrogen-bond donors (Lipinski definition) is 2. The molecule has 4 heteroatoms. The van der Waals surface area contributed by atoms with Gasteiger partial charge in [0.15, 0.2) is 0 Å². The fraction of sp³-hybridized carbons (Fsp3) is 0.400. The molecule has 1 aromatic carbocycles. The Kier molecular flexibility index (Phi) is 4.98. The van der Waals surface area contributed by atoms with Crippen molar-refractivity contribution in [2.75, 3.05) is 17.7 Å². The topological polar surface area (TPSA) is 32.3 Å². The summed E-state index contributed by atoms with van der Waals surface area (Å²) < 4.78 is 1.16. The number of benzene rings is 1. The molecule has 1 aromatic rings. The van der Waals surface area contributed by atoms with E-state index in [4.69, 9.17) is 11.6 Å². The number of aryl methyl sites for hydroxylation is 1. The zero-order valence-corrected chi connectivity index (χ0v) is 10.8. The first kappa shape index (κ1) is 12.1. The van der Waals surface area contributed by atoms with Gasteiger partial charge in [0.2, 0.25) is 0 Å². The maximum absolute atomic E-state index is 9.27. The van der Waals surface area contributed by atoms with Gasteiger partial charge in [-0.1, -0.05) is 6.07 Å². The largest absolute Gasteiger partial charge is 0.390 e. The normalized spacial score (nSPS) is 12.6. The molecular formula is C10H13ClINO. The van der Waals surface area contributed by atoms with E-state index in [0.29, 0.717) is 6.54 Å². The summed E-state index contributed by atoms with van der Waals surface area (Å²) >= 11 is 7.76. The molecule has 14 heavy (non-hydrogen) atoms. The minimum atomic E-state index is -0.492. The Morgan fingerprint density at radius 3 is 2.86 bits per heavy atom. The Morgan fingerprint density at radius 1 is 1.57 bits per heavy atom. The fourth-order valence-electron chi connectivity index (χ4n) is 1.05. The van der Waals surface area contributed by atoms with Crippen LogP contribution in [0.1, 0.15) is 5.56 Å². The highest BCUT2D eigenvalue weighted by molar-refractivity contribution is 14.1. The van der Waals surface area contributed by atoms with Gasteiger partial charge in [-0.3, -0.25) is 0 Å². The highest BCUT2D eigenvalue weighted by Crippen LogP contribution is 2.19. The minimum Gasteiger partial charge on any atom is -0.390 e. The number of hydrogen-bond acceptors (Lipinski definition) is 2. The molecule has 0 saturated carbocycles. The maximum atomic E-state index is 9.27. The second-order valence-electron chi connectivity index (χ2n) is 3.17. The average molecular weight is 326 g/mol. The predicted molar refractivity (Wildman–Crippen MR) is 69.1 cm³/mol. The van der Waals surface area contributed by atoms with E-state index in [1.807, 2.05) is 12.1 Å². The van der Waals surface area contributed by atoms with Gasteiger partial charge in [-0.2, -0.15) is 0 Å². The van der Waals surface area contributed by atoms with Crippen LogP contribution in [0, 0.1) is 10.5 Å². The van der Waals surface area contributed by atoms with Crippen molar-refractivity contribution in [1.29, 1.82) is 0 Å².